The Balaban J connectivity index is 0.928. The molecule has 1 N–H and O–H groups in total. The Bertz CT molecular complexity index is 1720. The van der Waals surface area contributed by atoms with E-state index < -0.39 is 9.84 Å². The number of aromatic nitrogens is 1. The largest absolute Gasteiger partial charge is 0.476 e. The molecular formula is C44H64N4O3S. The summed E-state index contributed by atoms with van der Waals surface area (Å²) in [6, 6.07) is 5.77. The lowest BCUT2D eigenvalue weighted by atomic mass is 9.37. The molecule has 8 rings (SSSR count). The third kappa shape index (κ3) is 6.31. The van der Waals surface area contributed by atoms with Crippen LogP contribution in [0.1, 0.15) is 117 Å². The van der Waals surface area contributed by atoms with Crippen LogP contribution in [0.2, 0.25) is 0 Å². The number of nitriles is 1. The molecule has 7 nitrogen and oxygen atoms in total. The Labute approximate surface area is 314 Å². The average molecular weight is 729 g/mol. The zero-order chi connectivity index (χ0) is 36.4. The smallest absolute Gasteiger partial charge is 0.231 e. The average Bonchev–Trinajstić information content (AvgIpc) is 3.56. The van der Waals surface area contributed by atoms with E-state index in [2.05, 4.69) is 61.1 Å². The molecule has 9 atom stereocenters. The van der Waals surface area contributed by atoms with Crippen molar-refractivity contribution >= 4 is 9.84 Å². The lowest BCUT2D eigenvalue weighted by molar-refractivity contribution is -0.175. The highest BCUT2D eigenvalue weighted by Gasteiger charge is 2.65. The molecule has 5 fully saturated rings. The standard InChI is InChI=1S/C44H64N4O3S/c1-41(2)35(32-11-9-31(10-12-32)30-51-40-33(29-45)7-6-22-46-40)15-19-43(4)38(41)17-20-42(3)36-16-21-44(18-5-8-37(44)34(36)13-14-39(42)43)47-23-24-48-25-27-52(49,50)28-26-48/h6-7,11,15,22,31,34,36-39,47H,5,8-10,12-14,16-21,23-28,30H2,1-4H3/t31?,34-,36?,37+,38?,39?,42?,43?,44?/m0/s1. The summed E-state index contributed by atoms with van der Waals surface area (Å²) >= 11 is 0. The zero-order valence-corrected chi connectivity index (χ0v) is 33.3. The predicted molar refractivity (Wildman–Crippen MR) is 207 cm³/mol. The van der Waals surface area contributed by atoms with Crippen molar-refractivity contribution in [1.82, 2.24) is 15.2 Å². The van der Waals surface area contributed by atoms with Crippen LogP contribution in [-0.2, 0) is 9.84 Å². The minimum atomic E-state index is -2.83. The summed E-state index contributed by atoms with van der Waals surface area (Å²) < 4.78 is 30.0. The van der Waals surface area contributed by atoms with E-state index in [1.54, 1.807) is 29.5 Å². The van der Waals surface area contributed by atoms with Crippen LogP contribution in [-0.4, -0.2) is 68.1 Å². The first-order valence-corrected chi connectivity index (χ1v) is 22.8. The van der Waals surface area contributed by atoms with Crippen molar-refractivity contribution in [3.05, 3.63) is 47.2 Å². The van der Waals surface area contributed by atoms with Gasteiger partial charge in [-0.25, -0.2) is 13.4 Å². The second-order valence-corrected chi connectivity index (χ2v) is 21.6. The molecule has 0 bridgehead atoms. The lowest BCUT2D eigenvalue weighted by Crippen LogP contribution is -2.64. The number of ether oxygens (including phenoxy) is 1. The van der Waals surface area contributed by atoms with Crippen molar-refractivity contribution in [2.75, 3.05) is 44.3 Å². The number of nitrogens with one attached hydrogen (secondary N) is 1. The SMILES string of the molecule is CC1(C)C(C2=CCC(COc3ncccc3C#N)CC2)=CCC2(C)C1CCC1(C)C3CCC4(NCCN5CCS(=O)(=O)CC5)CCC[C@@H]4[C@H]3CCC12. The fourth-order valence-corrected chi connectivity index (χ4v) is 15.5. The molecule has 6 aliphatic carbocycles. The third-order valence-corrected chi connectivity index (χ3v) is 18.3. The molecule has 7 aliphatic rings. The van der Waals surface area contributed by atoms with E-state index in [1.165, 1.54) is 64.2 Å². The lowest BCUT2D eigenvalue weighted by Gasteiger charge is -2.68. The van der Waals surface area contributed by atoms with Crippen molar-refractivity contribution in [3.63, 3.8) is 0 Å². The van der Waals surface area contributed by atoms with Crippen molar-refractivity contribution in [3.8, 4) is 11.9 Å². The summed E-state index contributed by atoms with van der Waals surface area (Å²) in [6.45, 7) is 14.6. The highest BCUT2D eigenvalue weighted by molar-refractivity contribution is 7.91. The third-order valence-electron chi connectivity index (χ3n) is 16.6. The first-order valence-electron chi connectivity index (χ1n) is 20.9. The van der Waals surface area contributed by atoms with Gasteiger partial charge in [-0.05, 0) is 152 Å². The molecule has 0 radical (unpaired) electrons. The van der Waals surface area contributed by atoms with Crippen LogP contribution in [0.3, 0.4) is 0 Å². The zero-order valence-electron chi connectivity index (χ0n) is 32.5. The normalized spacial score (nSPS) is 40.9. The molecule has 284 valence electrons. The molecule has 52 heavy (non-hydrogen) atoms. The van der Waals surface area contributed by atoms with Gasteiger partial charge in [-0.15, -0.1) is 0 Å². The number of hydrogen-bond donors (Lipinski definition) is 1. The summed E-state index contributed by atoms with van der Waals surface area (Å²) in [6.07, 6.45) is 23.7. The monoisotopic (exact) mass is 728 g/mol. The Morgan fingerprint density at radius 2 is 1.79 bits per heavy atom. The fraction of sp³-hybridized carbons (Fsp3) is 0.773. The van der Waals surface area contributed by atoms with Crippen molar-refractivity contribution in [1.29, 1.82) is 5.26 Å². The van der Waals surface area contributed by atoms with Gasteiger partial charge in [0.05, 0.1) is 18.1 Å². The number of allylic oxidation sites excluding steroid dienone is 4. The number of pyridine rings is 1. The van der Waals surface area contributed by atoms with Crippen molar-refractivity contribution < 1.29 is 13.2 Å². The Morgan fingerprint density at radius 3 is 2.56 bits per heavy atom. The summed E-state index contributed by atoms with van der Waals surface area (Å²) in [5.74, 6) is 5.58. The second kappa shape index (κ2) is 13.8. The molecule has 1 aromatic rings. The minimum absolute atomic E-state index is 0.172. The van der Waals surface area contributed by atoms with Crippen LogP contribution in [0.4, 0.5) is 0 Å². The number of fused-ring (bicyclic) bond motifs is 7. The fourth-order valence-electron chi connectivity index (χ4n) is 14.2. The van der Waals surface area contributed by atoms with E-state index in [-0.39, 0.29) is 5.41 Å². The topological polar surface area (TPSA) is 95.3 Å². The van der Waals surface area contributed by atoms with Crippen LogP contribution in [0.15, 0.2) is 41.6 Å². The van der Waals surface area contributed by atoms with E-state index in [0.717, 1.165) is 56.0 Å². The maximum absolute atomic E-state index is 12.0. The maximum atomic E-state index is 12.0. The molecule has 7 unspecified atom stereocenters. The number of hydrogen-bond acceptors (Lipinski definition) is 7. The van der Waals surface area contributed by atoms with Crippen molar-refractivity contribution in [2.45, 2.75) is 117 Å². The van der Waals surface area contributed by atoms with Gasteiger partial charge in [-0.3, -0.25) is 0 Å². The number of nitrogens with zero attached hydrogens (tertiary/aromatic N) is 3. The van der Waals surface area contributed by atoms with Gasteiger partial charge >= 0.3 is 0 Å². The summed E-state index contributed by atoms with van der Waals surface area (Å²) in [5, 5.41) is 13.6. The Hall–Kier alpha value is -2.21. The second-order valence-electron chi connectivity index (χ2n) is 19.3. The molecular weight excluding hydrogens is 665 g/mol. The van der Waals surface area contributed by atoms with E-state index in [9.17, 15) is 13.7 Å². The summed E-state index contributed by atoms with van der Waals surface area (Å²) in [7, 11) is -2.83. The maximum Gasteiger partial charge on any atom is 0.231 e. The van der Waals surface area contributed by atoms with Gasteiger partial charge in [0, 0.05) is 37.9 Å². The van der Waals surface area contributed by atoms with Crippen molar-refractivity contribution in [2.24, 2.45) is 51.8 Å². The molecule has 4 saturated carbocycles. The molecule has 1 aliphatic heterocycles. The van der Waals surface area contributed by atoms with Gasteiger partial charge in [0.2, 0.25) is 5.88 Å². The minimum Gasteiger partial charge on any atom is -0.476 e. The summed E-state index contributed by atoms with van der Waals surface area (Å²) in [4.78, 5) is 6.67. The van der Waals surface area contributed by atoms with E-state index in [4.69, 9.17) is 4.74 Å². The van der Waals surface area contributed by atoms with Gasteiger partial charge < -0.3 is 15.0 Å². The quantitative estimate of drug-likeness (QED) is 0.289. The molecule has 2 heterocycles. The van der Waals surface area contributed by atoms with E-state index >= 15 is 0 Å². The van der Waals surface area contributed by atoms with E-state index in [1.807, 2.05) is 0 Å². The van der Waals surface area contributed by atoms with Crippen LogP contribution < -0.4 is 10.1 Å². The van der Waals surface area contributed by atoms with Gasteiger partial charge in [0.1, 0.15) is 11.6 Å². The Morgan fingerprint density at radius 1 is 0.962 bits per heavy atom. The first-order chi connectivity index (χ1) is 24.9. The molecule has 0 amide bonds. The molecule has 8 heteroatoms. The van der Waals surface area contributed by atoms with Crippen LogP contribution in [0.5, 0.6) is 5.88 Å². The van der Waals surface area contributed by atoms with Crippen LogP contribution in [0.25, 0.3) is 0 Å². The highest BCUT2D eigenvalue weighted by atomic mass is 32.2. The number of rotatable bonds is 8. The predicted octanol–water partition coefficient (Wildman–Crippen LogP) is 8.13. The number of sulfone groups is 1. The Kier molecular flexibility index (Phi) is 9.77. The first kappa shape index (κ1) is 36.8. The molecule has 1 saturated heterocycles. The van der Waals surface area contributed by atoms with Gasteiger partial charge in [0.25, 0.3) is 0 Å². The molecule has 0 aromatic carbocycles. The van der Waals surface area contributed by atoms with Gasteiger partial charge in [-0.2, -0.15) is 5.26 Å². The van der Waals surface area contributed by atoms with Crippen LogP contribution in [0, 0.1) is 63.1 Å². The van der Waals surface area contributed by atoms with Crippen LogP contribution >= 0.6 is 0 Å². The molecule has 0 spiro atoms. The van der Waals surface area contributed by atoms with Gasteiger partial charge in [0.15, 0.2) is 9.84 Å². The summed E-state index contributed by atoms with van der Waals surface area (Å²) in [5.41, 5.74) is 4.98. The van der Waals surface area contributed by atoms with E-state index in [0.29, 0.717) is 70.9 Å². The highest BCUT2D eigenvalue weighted by Crippen LogP contribution is 2.72. The van der Waals surface area contributed by atoms with Gasteiger partial charge in [-0.1, -0.05) is 46.3 Å². The molecule has 1 aromatic heterocycles.